The second-order valence-corrected chi connectivity index (χ2v) is 4.14. The maximum Gasteiger partial charge on any atom is 0.263 e. The molecule has 1 aliphatic rings. The summed E-state index contributed by atoms with van der Waals surface area (Å²) < 4.78 is 24.8. The van der Waals surface area contributed by atoms with Gasteiger partial charge < -0.3 is 10.4 Å². The first-order valence-corrected chi connectivity index (χ1v) is 5.50. The molecule has 1 aliphatic heterocycles. The Labute approximate surface area is 93.3 Å². The zero-order valence-electron chi connectivity index (χ0n) is 8.92. The minimum absolute atomic E-state index is 0.00435. The topological polar surface area (TPSA) is 32.3 Å². The molecule has 88 valence electrons. The maximum absolute atomic E-state index is 12.4. The summed E-state index contributed by atoms with van der Waals surface area (Å²) in [6.07, 6.45) is -0.628. The number of halogens is 2. The number of alkyl halides is 2. The van der Waals surface area contributed by atoms with Crippen molar-refractivity contribution in [1.29, 1.82) is 0 Å². The molecule has 0 aliphatic carbocycles. The predicted molar refractivity (Wildman–Crippen MR) is 57.9 cm³/mol. The van der Waals surface area contributed by atoms with Gasteiger partial charge in [0.05, 0.1) is 0 Å². The molecule has 2 rings (SSSR count). The fourth-order valence-corrected chi connectivity index (χ4v) is 2.17. The average molecular weight is 227 g/mol. The van der Waals surface area contributed by atoms with Crippen molar-refractivity contribution in [2.24, 2.45) is 0 Å². The second kappa shape index (κ2) is 4.78. The largest absolute Gasteiger partial charge is 0.508 e. The van der Waals surface area contributed by atoms with Gasteiger partial charge in [-0.15, -0.1) is 0 Å². The van der Waals surface area contributed by atoms with Crippen LogP contribution in [0.2, 0.25) is 0 Å². The first kappa shape index (κ1) is 11.3. The molecule has 1 aromatic rings. The van der Waals surface area contributed by atoms with Gasteiger partial charge in [0, 0.05) is 5.56 Å². The zero-order chi connectivity index (χ0) is 11.5. The Morgan fingerprint density at radius 3 is 2.50 bits per heavy atom. The number of phenols is 1. The van der Waals surface area contributed by atoms with Crippen molar-refractivity contribution in [2.75, 3.05) is 13.1 Å². The number of hydrogen-bond acceptors (Lipinski definition) is 2. The first-order chi connectivity index (χ1) is 7.68. The molecule has 2 nitrogen and oxygen atoms in total. The summed E-state index contributed by atoms with van der Waals surface area (Å²) in [5.74, 6) is 0.290. The minimum Gasteiger partial charge on any atom is -0.508 e. The Hall–Kier alpha value is -1.16. The van der Waals surface area contributed by atoms with Crippen molar-refractivity contribution in [1.82, 2.24) is 5.32 Å². The van der Waals surface area contributed by atoms with E-state index in [1.807, 2.05) is 0 Å². The number of phenolic OH excluding ortho intramolecular Hbond substituents is 1. The molecule has 0 aromatic heterocycles. The van der Waals surface area contributed by atoms with Crippen LogP contribution in [0.15, 0.2) is 18.2 Å². The fourth-order valence-electron chi connectivity index (χ4n) is 2.17. The number of hydrogen-bond donors (Lipinski definition) is 2. The Morgan fingerprint density at radius 1 is 1.25 bits per heavy atom. The van der Waals surface area contributed by atoms with Gasteiger partial charge in [-0.3, -0.25) is 0 Å². The first-order valence-electron chi connectivity index (χ1n) is 5.50. The highest BCUT2D eigenvalue weighted by molar-refractivity contribution is 5.39. The number of benzene rings is 1. The maximum atomic E-state index is 12.4. The molecule has 0 saturated carbocycles. The summed E-state index contributed by atoms with van der Waals surface area (Å²) in [6.45, 7) is 1.83. The lowest BCUT2D eigenvalue weighted by Crippen LogP contribution is -2.26. The smallest absolute Gasteiger partial charge is 0.263 e. The van der Waals surface area contributed by atoms with Gasteiger partial charge in [0.25, 0.3) is 6.43 Å². The molecule has 16 heavy (non-hydrogen) atoms. The van der Waals surface area contributed by atoms with E-state index in [4.69, 9.17) is 0 Å². The van der Waals surface area contributed by atoms with E-state index in [0.717, 1.165) is 31.5 Å². The fraction of sp³-hybridized carbons (Fsp3) is 0.500. The summed E-state index contributed by atoms with van der Waals surface area (Å²) in [6, 6.07) is 4.22. The highest BCUT2D eigenvalue weighted by Crippen LogP contribution is 2.34. The van der Waals surface area contributed by atoms with E-state index in [0.29, 0.717) is 0 Å². The molecule has 0 unspecified atom stereocenters. The molecule has 0 amide bonds. The Kier molecular flexibility index (Phi) is 3.39. The van der Waals surface area contributed by atoms with Crippen LogP contribution in [0.25, 0.3) is 0 Å². The van der Waals surface area contributed by atoms with E-state index < -0.39 is 6.43 Å². The van der Waals surface area contributed by atoms with Crippen molar-refractivity contribution >= 4 is 0 Å². The van der Waals surface area contributed by atoms with E-state index in [1.54, 1.807) is 6.07 Å². The number of piperidine rings is 1. The number of nitrogens with one attached hydrogen (secondary N) is 1. The van der Waals surface area contributed by atoms with Gasteiger partial charge in [-0.2, -0.15) is 0 Å². The molecule has 2 N–H and O–H groups in total. The third-order valence-electron chi connectivity index (χ3n) is 3.09. The number of rotatable bonds is 2. The second-order valence-electron chi connectivity index (χ2n) is 4.14. The Morgan fingerprint density at radius 2 is 1.94 bits per heavy atom. The molecular formula is C12H15F2NO. The summed E-state index contributed by atoms with van der Waals surface area (Å²) in [4.78, 5) is 0. The van der Waals surface area contributed by atoms with Crippen LogP contribution in [-0.4, -0.2) is 18.2 Å². The molecular weight excluding hydrogens is 212 g/mol. The van der Waals surface area contributed by atoms with E-state index in [-0.39, 0.29) is 17.2 Å². The lowest BCUT2D eigenvalue weighted by molar-refractivity contribution is 0.151. The predicted octanol–water partition coefficient (Wildman–Crippen LogP) is 2.80. The highest BCUT2D eigenvalue weighted by Gasteiger charge is 2.19. The van der Waals surface area contributed by atoms with E-state index in [9.17, 15) is 13.9 Å². The van der Waals surface area contributed by atoms with Crippen LogP contribution in [0.5, 0.6) is 5.75 Å². The zero-order valence-corrected chi connectivity index (χ0v) is 8.92. The van der Waals surface area contributed by atoms with E-state index in [1.165, 1.54) is 12.1 Å². The van der Waals surface area contributed by atoms with Gasteiger partial charge in [-0.25, -0.2) is 8.78 Å². The van der Waals surface area contributed by atoms with Crippen LogP contribution >= 0.6 is 0 Å². The summed E-state index contributed by atoms with van der Waals surface area (Å²) in [7, 11) is 0. The lowest BCUT2D eigenvalue weighted by Gasteiger charge is -2.23. The van der Waals surface area contributed by atoms with Crippen molar-refractivity contribution in [2.45, 2.75) is 25.2 Å². The Bertz CT molecular complexity index is 362. The monoisotopic (exact) mass is 227 g/mol. The Balaban J connectivity index is 2.21. The van der Waals surface area contributed by atoms with Crippen LogP contribution in [0, 0.1) is 0 Å². The molecule has 4 heteroatoms. The molecule has 0 bridgehead atoms. The molecule has 0 spiro atoms. The van der Waals surface area contributed by atoms with Crippen LogP contribution in [0.3, 0.4) is 0 Å². The minimum atomic E-state index is -2.52. The molecule has 0 atom stereocenters. The van der Waals surface area contributed by atoms with E-state index >= 15 is 0 Å². The van der Waals surface area contributed by atoms with Crippen molar-refractivity contribution in [3.63, 3.8) is 0 Å². The van der Waals surface area contributed by atoms with Gasteiger partial charge in [0.15, 0.2) is 0 Å². The van der Waals surface area contributed by atoms with Crippen LogP contribution < -0.4 is 5.32 Å². The lowest BCUT2D eigenvalue weighted by atomic mass is 9.89. The van der Waals surface area contributed by atoms with Crippen LogP contribution in [0.4, 0.5) is 8.78 Å². The molecule has 1 saturated heterocycles. The van der Waals surface area contributed by atoms with Crippen LogP contribution in [0.1, 0.15) is 36.3 Å². The third-order valence-corrected chi connectivity index (χ3v) is 3.09. The third kappa shape index (κ3) is 2.32. The van der Waals surface area contributed by atoms with Crippen molar-refractivity contribution < 1.29 is 13.9 Å². The van der Waals surface area contributed by atoms with Crippen molar-refractivity contribution in [3.05, 3.63) is 29.3 Å². The van der Waals surface area contributed by atoms with E-state index in [2.05, 4.69) is 5.32 Å². The quantitative estimate of drug-likeness (QED) is 0.814. The highest BCUT2D eigenvalue weighted by atomic mass is 19.3. The molecule has 1 fully saturated rings. The molecule has 0 radical (unpaired) electrons. The SMILES string of the molecule is Oc1cc(C(F)F)ccc1C1CCNCC1. The van der Waals surface area contributed by atoms with Gasteiger partial charge in [-0.05, 0) is 43.5 Å². The molecule has 1 aromatic carbocycles. The summed E-state index contributed by atoms with van der Waals surface area (Å²) in [5, 5.41) is 13.0. The standard InChI is InChI=1S/C12H15F2NO/c13-12(14)9-1-2-10(11(16)7-9)8-3-5-15-6-4-8/h1-2,7-8,12,15-16H,3-6H2. The van der Waals surface area contributed by atoms with Gasteiger partial charge in [-0.1, -0.05) is 12.1 Å². The van der Waals surface area contributed by atoms with Gasteiger partial charge >= 0.3 is 0 Å². The summed E-state index contributed by atoms with van der Waals surface area (Å²) >= 11 is 0. The summed E-state index contributed by atoms with van der Waals surface area (Å²) in [5.41, 5.74) is 0.682. The normalized spacial score (nSPS) is 17.9. The van der Waals surface area contributed by atoms with Gasteiger partial charge in [0.2, 0.25) is 0 Å². The average Bonchev–Trinajstić information content (AvgIpc) is 2.30. The van der Waals surface area contributed by atoms with Crippen molar-refractivity contribution in [3.8, 4) is 5.75 Å². The number of aromatic hydroxyl groups is 1. The van der Waals surface area contributed by atoms with Gasteiger partial charge in [0.1, 0.15) is 5.75 Å². The van der Waals surface area contributed by atoms with Crippen LogP contribution in [-0.2, 0) is 0 Å². The molecule has 1 heterocycles.